The molecule has 2 atom stereocenters. The number of carboxylic acid groups (broad SMARTS) is 1. The number of amides is 2. The van der Waals surface area contributed by atoms with E-state index in [-0.39, 0.29) is 37.1 Å². The fourth-order valence-electron chi connectivity index (χ4n) is 4.99. The van der Waals surface area contributed by atoms with Crippen molar-refractivity contribution in [3.8, 4) is 5.75 Å². The Morgan fingerprint density at radius 3 is 2.12 bits per heavy atom. The number of phenolic OH excluding ortho intramolecular Hbond substituents is 1. The molecule has 10 nitrogen and oxygen atoms in total. The van der Waals surface area contributed by atoms with Gasteiger partial charge in [0.2, 0.25) is 17.7 Å². The molecule has 0 aromatic heterocycles. The topological polar surface area (TPSA) is 149 Å². The Morgan fingerprint density at radius 2 is 1.52 bits per heavy atom. The first-order valence-corrected chi connectivity index (χ1v) is 15.8. The second-order valence-corrected chi connectivity index (χ2v) is 11.2. The maximum Gasteiger partial charge on any atom is 0.326 e. The van der Waals surface area contributed by atoms with Gasteiger partial charge in [-0.2, -0.15) is 0 Å². The van der Waals surface area contributed by atoms with E-state index in [0.29, 0.717) is 24.8 Å². The monoisotopic (exact) mass is 589 g/mol. The molecule has 0 spiro atoms. The number of hydrogen-bond acceptors (Lipinski definition) is 7. The van der Waals surface area contributed by atoms with Crippen LogP contribution in [-0.2, 0) is 19.1 Å². The van der Waals surface area contributed by atoms with Gasteiger partial charge in [-0.15, -0.1) is 0 Å². The van der Waals surface area contributed by atoms with Gasteiger partial charge in [0.05, 0.1) is 5.56 Å². The number of aliphatic carboxylic acids is 1. The molecule has 0 radical (unpaired) electrons. The Kier molecular flexibility index (Phi) is 17.3. The Morgan fingerprint density at radius 1 is 0.929 bits per heavy atom. The number of nitrogens with zero attached hydrogens (tertiary/aromatic N) is 2. The summed E-state index contributed by atoms with van der Waals surface area (Å²) in [5, 5.41) is 32.8. The van der Waals surface area contributed by atoms with Crippen molar-refractivity contribution in [2.24, 2.45) is 4.99 Å². The second kappa shape index (κ2) is 20.7. The molecule has 0 bridgehead atoms. The number of carbonyl (C=O) groups is 3. The van der Waals surface area contributed by atoms with E-state index in [9.17, 15) is 29.8 Å². The molecule has 2 rings (SSSR count). The fraction of sp³-hybridized carbons (Fsp3) is 0.688. The van der Waals surface area contributed by atoms with Crippen LogP contribution in [0.1, 0.15) is 122 Å². The van der Waals surface area contributed by atoms with Crippen LogP contribution < -0.4 is 5.32 Å². The van der Waals surface area contributed by atoms with Gasteiger partial charge in [0.15, 0.2) is 6.04 Å². The van der Waals surface area contributed by atoms with E-state index in [1.165, 1.54) is 70.3 Å². The van der Waals surface area contributed by atoms with Crippen LogP contribution in [0.15, 0.2) is 29.3 Å². The quantitative estimate of drug-likeness (QED) is 0.0697. The molecule has 1 aliphatic heterocycles. The van der Waals surface area contributed by atoms with Crippen molar-refractivity contribution in [3.63, 3.8) is 0 Å². The van der Waals surface area contributed by atoms with Crippen LogP contribution in [0.25, 0.3) is 0 Å². The SMILES string of the molecule is CCCCCCCCCCCCCCCC(=O)N(O)CCCCC(NC(=O)C1COC(c2ccccc2O)=N1)C(=O)O. The smallest absolute Gasteiger partial charge is 0.326 e. The van der Waals surface area contributed by atoms with Gasteiger partial charge in [0.25, 0.3) is 0 Å². The first kappa shape index (κ1) is 35.1. The molecule has 236 valence electrons. The molecule has 0 fully saturated rings. The Bertz CT molecular complexity index is 985. The van der Waals surface area contributed by atoms with E-state index in [4.69, 9.17) is 4.74 Å². The number of unbranched alkanes of at least 4 members (excludes halogenated alkanes) is 13. The van der Waals surface area contributed by atoms with E-state index in [2.05, 4.69) is 17.2 Å². The van der Waals surface area contributed by atoms with E-state index in [0.717, 1.165) is 24.3 Å². The molecule has 0 saturated carbocycles. The minimum atomic E-state index is -1.17. The van der Waals surface area contributed by atoms with Gasteiger partial charge in [-0.25, -0.2) is 14.9 Å². The lowest BCUT2D eigenvalue weighted by atomic mass is 10.0. The molecule has 2 amide bonds. The normalized spacial score (nSPS) is 15.1. The summed E-state index contributed by atoms with van der Waals surface area (Å²) in [6.45, 7) is 2.30. The maximum absolute atomic E-state index is 12.6. The predicted octanol–water partition coefficient (Wildman–Crippen LogP) is 5.98. The number of rotatable bonds is 23. The molecular formula is C32H51N3O7. The number of nitrogens with one attached hydrogen (secondary N) is 1. The molecule has 0 saturated heterocycles. The largest absolute Gasteiger partial charge is 0.507 e. The first-order chi connectivity index (χ1) is 20.3. The summed E-state index contributed by atoms with van der Waals surface area (Å²) in [5.41, 5.74) is 0.361. The Hall–Kier alpha value is -3.14. The second-order valence-electron chi connectivity index (χ2n) is 11.2. The average Bonchev–Trinajstić information content (AvgIpc) is 3.47. The van der Waals surface area contributed by atoms with Crippen molar-refractivity contribution in [2.75, 3.05) is 13.2 Å². The summed E-state index contributed by atoms with van der Waals surface area (Å²) in [5.74, 6) is -1.97. The van der Waals surface area contributed by atoms with E-state index < -0.39 is 24.0 Å². The number of phenols is 1. The zero-order valence-corrected chi connectivity index (χ0v) is 25.3. The van der Waals surface area contributed by atoms with E-state index in [1.54, 1.807) is 18.2 Å². The molecule has 4 N–H and O–H groups in total. The average molecular weight is 590 g/mol. The van der Waals surface area contributed by atoms with Gasteiger partial charge in [0.1, 0.15) is 18.4 Å². The summed E-state index contributed by atoms with van der Waals surface area (Å²) >= 11 is 0. The molecule has 10 heteroatoms. The third kappa shape index (κ3) is 13.7. The standard InChI is InChI=1S/C32H51N3O7/c1-2-3-4-5-6-7-8-9-10-11-12-13-14-22-29(37)35(41)23-18-17-20-26(32(39)40)33-30(38)27-24-42-31(34-27)25-19-15-16-21-28(25)36/h15-16,19,21,26-27,36,41H,2-14,17-18,20,22-24H2,1H3,(H,33,38)(H,39,40). The molecule has 1 aromatic rings. The fourth-order valence-corrected chi connectivity index (χ4v) is 4.99. The van der Waals surface area contributed by atoms with Gasteiger partial charge in [0, 0.05) is 13.0 Å². The molecule has 1 heterocycles. The summed E-state index contributed by atoms with van der Waals surface area (Å²) in [6.07, 6.45) is 17.2. The Balaban J connectivity index is 1.54. The molecule has 0 aliphatic carbocycles. The molecule has 42 heavy (non-hydrogen) atoms. The summed E-state index contributed by atoms with van der Waals surface area (Å²) < 4.78 is 5.44. The summed E-state index contributed by atoms with van der Waals surface area (Å²) in [6, 6.07) is 4.41. The number of aromatic hydroxyl groups is 1. The minimum Gasteiger partial charge on any atom is -0.507 e. The number of hydroxylamine groups is 2. The lowest BCUT2D eigenvalue weighted by Gasteiger charge is -2.17. The Labute approximate surface area is 250 Å². The minimum absolute atomic E-state index is 0.0264. The number of ether oxygens (including phenoxy) is 1. The van der Waals surface area contributed by atoms with Crippen LogP contribution in [0.3, 0.4) is 0 Å². The molecule has 1 aliphatic rings. The van der Waals surface area contributed by atoms with Crippen LogP contribution in [0.4, 0.5) is 0 Å². The van der Waals surface area contributed by atoms with Crippen LogP contribution in [0, 0.1) is 0 Å². The van der Waals surface area contributed by atoms with Crippen molar-refractivity contribution in [3.05, 3.63) is 29.8 Å². The van der Waals surface area contributed by atoms with Gasteiger partial charge in [-0.05, 0) is 37.8 Å². The zero-order valence-electron chi connectivity index (χ0n) is 25.3. The highest BCUT2D eigenvalue weighted by Gasteiger charge is 2.30. The lowest BCUT2D eigenvalue weighted by Crippen LogP contribution is -2.45. The van der Waals surface area contributed by atoms with Crippen LogP contribution in [-0.4, -0.2) is 69.4 Å². The van der Waals surface area contributed by atoms with E-state index in [1.807, 2.05) is 0 Å². The molecule has 1 aromatic carbocycles. The third-order valence-corrected chi connectivity index (χ3v) is 7.60. The van der Waals surface area contributed by atoms with Crippen molar-refractivity contribution in [2.45, 2.75) is 128 Å². The molecular weight excluding hydrogens is 538 g/mol. The molecule has 2 unspecified atom stereocenters. The number of para-hydroxylation sites is 1. The third-order valence-electron chi connectivity index (χ3n) is 7.60. The van der Waals surface area contributed by atoms with Crippen LogP contribution in [0.2, 0.25) is 0 Å². The maximum atomic E-state index is 12.6. The van der Waals surface area contributed by atoms with Gasteiger partial charge < -0.3 is 20.3 Å². The van der Waals surface area contributed by atoms with Gasteiger partial charge >= 0.3 is 5.97 Å². The van der Waals surface area contributed by atoms with Crippen molar-refractivity contribution >= 4 is 23.7 Å². The first-order valence-electron chi connectivity index (χ1n) is 15.8. The number of aliphatic imine (C=N–C) groups is 1. The van der Waals surface area contributed by atoms with Crippen LogP contribution >= 0.6 is 0 Å². The van der Waals surface area contributed by atoms with Crippen molar-refractivity contribution in [1.82, 2.24) is 10.4 Å². The van der Waals surface area contributed by atoms with Gasteiger partial charge in [-0.1, -0.05) is 96.1 Å². The van der Waals surface area contributed by atoms with E-state index >= 15 is 0 Å². The van der Waals surface area contributed by atoms with Crippen LogP contribution in [0.5, 0.6) is 5.75 Å². The highest BCUT2D eigenvalue weighted by Crippen LogP contribution is 2.21. The zero-order chi connectivity index (χ0) is 30.6. The summed E-state index contributed by atoms with van der Waals surface area (Å²) in [4.78, 5) is 40.7. The number of hydrogen-bond donors (Lipinski definition) is 4. The van der Waals surface area contributed by atoms with Gasteiger partial charge in [-0.3, -0.25) is 14.8 Å². The highest BCUT2D eigenvalue weighted by molar-refractivity contribution is 6.00. The summed E-state index contributed by atoms with van der Waals surface area (Å²) in [7, 11) is 0. The number of carboxylic acids is 1. The predicted molar refractivity (Wildman–Crippen MR) is 162 cm³/mol. The van der Waals surface area contributed by atoms with Crippen molar-refractivity contribution in [1.29, 1.82) is 0 Å². The van der Waals surface area contributed by atoms with Crippen molar-refractivity contribution < 1.29 is 34.5 Å². The highest BCUT2D eigenvalue weighted by atomic mass is 16.5. The number of carbonyl (C=O) groups excluding carboxylic acids is 2. The lowest BCUT2D eigenvalue weighted by molar-refractivity contribution is -0.165. The number of benzene rings is 1.